The predicted molar refractivity (Wildman–Crippen MR) is 107 cm³/mol. The van der Waals surface area contributed by atoms with Gasteiger partial charge in [-0.15, -0.1) is 0 Å². The molecule has 1 aromatic carbocycles. The fourth-order valence-electron chi connectivity index (χ4n) is 2.42. The molecule has 6 nitrogen and oxygen atoms in total. The standard InChI is InChI=1S/C20H23BrN2O4/c1-20(2,3)27-19(25)23-9-5-6-13(12-23)7-8-14-10-15(18(24)26-4)11-16(21)17(14)22/h6,10-11H,5,9,12,22H2,1-4H3. The number of carbonyl (C=O) groups is 2. The number of amides is 1. The highest BCUT2D eigenvalue weighted by Crippen LogP contribution is 2.25. The Morgan fingerprint density at radius 1 is 1.26 bits per heavy atom. The number of anilines is 1. The maximum atomic E-state index is 12.2. The van der Waals surface area contributed by atoms with Gasteiger partial charge >= 0.3 is 12.1 Å². The molecular weight excluding hydrogens is 412 g/mol. The van der Waals surface area contributed by atoms with E-state index in [1.165, 1.54) is 7.11 Å². The van der Waals surface area contributed by atoms with Gasteiger partial charge < -0.3 is 20.1 Å². The number of hydrogen-bond acceptors (Lipinski definition) is 5. The van der Waals surface area contributed by atoms with E-state index in [0.717, 1.165) is 5.57 Å². The van der Waals surface area contributed by atoms with Gasteiger partial charge in [0.1, 0.15) is 5.60 Å². The van der Waals surface area contributed by atoms with Gasteiger partial charge in [-0.3, -0.25) is 0 Å². The SMILES string of the molecule is COC(=O)c1cc(Br)c(N)c(C#CC2=CCCN(C(=O)OC(C)(C)C)C2)c1. The van der Waals surface area contributed by atoms with E-state index in [1.54, 1.807) is 17.0 Å². The first-order valence-corrected chi connectivity index (χ1v) is 9.26. The molecule has 2 N–H and O–H groups in total. The van der Waals surface area contributed by atoms with Crippen molar-refractivity contribution in [3.05, 3.63) is 39.4 Å². The summed E-state index contributed by atoms with van der Waals surface area (Å²) in [5.74, 6) is 5.57. The Hall–Kier alpha value is -2.46. The Morgan fingerprint density at radius 3 is 2.59 bits per heavy atom. The average Bonchev–Trinajstić information content (AvgIpc) is 2.61. The summed E-state index contributed by atoms with van der Waals surface area (Å²) in [6.07, 6.45) is 2.33. The van der Waals surface area contributed by atoms with Crippen molar-refractivity contribution >= 4 is 33.7 Å². The van der Waals surface area contributed by atoms with Gasteiger partial charge in [-0.2, -0.15) is 0 Å². The van der Waals surface area contributed by atoms with Crippen LogP contribution in [0.15, 0.2) is 28.3 Å². The number of nitrogens with two attached hydrogens (primary N) is 1. The molecule has 0 unspecified atom stereocenters. The van der Waals surface area contributed by atoms with E-state index >= 15 is 0 Å². The summed E-state index contributed by atoms with van der Waals surface area (Å²) in [4.78, 5) is 25.6. The largest absolute Gasteiger partial charge is 0.465 e. The van der Waals surface area contributed by atoms with Crippen LogP contribution in [-0.2, 0) is 9.47 Å². The van der Waals surface area contributed by atoms with Crippen LogP contribution in [0.5, 0.6) is 0 Å². The van der Waals surface area contributed by atoms with Crippen molar-refractivity contribution in [1.82, 2.24) is 4.90 Å². The highest BCUT2D eigenvalue weighted by Gasteiger charge is 2.23. The average molecular weight is 435 g/mol. The van der Waals surface area contributed by atoms with Crippen LogP contribution < -0.4 is 5.73 Å². The molecule has 0 saturated heterocycles. The van der Waals surface area contributed by atoms with Crippen LogP contribution in [-0.4, -0.2) is 42.8 Å². The van der Waals surface area contributed by atoms with Crippen molar-refractivity contribution in [1.29, 1.82) is 0 Å². The van der Waals surface area contributed by atoms with Crippen LogP contribution in [0, 0.1) is 11.8 Å². The van der Waals surface area contributed by atoms with E-state index in [4.69, 9.17) is 15.2 Å². The maximum Gasteiger partial charge on any atom is 0.410 e. The van der Waals surface area contributed by atoms with Crippen LogP contribution in [0.3, 0.4) is 0 Å². The Kier molecular flexibility index (Phi) is 6.55. The first kappa shape index (κ1) is 20.8. The van der Waals surface area contributed by atoms with Gasteiger partial charge in [-0.05, 0) is 55.3 Å². The Morgan fingerprint density at radius 2 is 1.96 bits per heavy atom. The lowest BCUT2D eigenvalue weighted by Gasteiger charge is -2.29. The van der Waals surface area contributed by atoms with E-state index in [1.807, 2.05) is 26.8 Å². The molecule has 1 amide bonds. The summed E-state index contributed by atoms with van der Waals surface area (Å²) in [5, 5.41) is 0. The number of nitrogens with zero attached hydrogens (tertiary/aromatic N) is 1. The first-order chi connectivity index (χ1) is 12.6. The predicted octanol–water partition coefficient (Wildman–Crippen LogP) is 3.74. The van der Waals surface area contributed by atoms with Crippen molar-refractivity contribution in [3.8, 4) is 11.8 Å². The molecule has 0 bridgehead atoms. The van der Waals surface area contributed by atoms with Gasteiger partial charge in [0, 0.05) is 22.2 Å². The zero-order chi connectivity index (χ0) is 20.2. The Bertz CT molecular complexity index is 844. The number of ether oxygens (including phenoxy) is 2. The van der Waals surface area contributed by atoms with E-state index < -0.39 is 11.6 Å². The number of benzene rings is 1. The van der Waals surface area contributed by atoms with Crippen molar-refractivity contribution < 1.29 is 19.1 Å². The molecule has 27 heavy (non-hydrogen) atoms. The van der Waals surface area contributed by atoms with Crippen molar-refractivity contribution in [2.45, 2.75) is 32.8 Å². The lowest BCUT2D eigenvalue weighted by molar-refractivity contribution is 0.0264. The van der Waals surface area contributed by atoms with Gasteiger partial charge in [-0.1, -0.05) is 17.9 Å². The molecule has 7 heteroatoms. The number of nitrogen functional groups attached to an aromatic ring is 1. The molecule has 2 rings (SSSR count). The second-order valence-corrected chi connectivity index (χ2v) is 7.94. The Balaban J connectivity index is 2.20. The van der Waals surface area contributed by atoms with Crippen LogP contribution in [0.1, 0.15) is 43.1 Å². The van der Waals surface area contributed by atoms with Gasteiger partial charge in [0.05, 0.1) is 24.9 Å². The summed E-state index contributed by atoms with van der Waals surface area (Å²) in [6.45, 7) is 6.46. The monoisotopic (exact) mass is 434 g/mol. The summed E-state index contributed by atoms with van der Waals surface area (Å²) >= 11 is 3.33. The molecule has 1 heterocycles. The molecule has 0 radical (unpaired) electrons. The van der Waals surface area contributed by atoms with Gasteiger partial charge in [0.2, 0.25) is 0 Å². The van der Waals surface area contributed by atoms with E-state index in [0.29, 0.717) is 40.8 Å². The summed E-state index contributed by atoms with van der Waals surface area (Å²) in [6, 6.07) is 3.18. The number of esters is 1. The molecule has 0 aromatic heterocycles. The summed E-state index contributed by atoms with van der Waals surface area (Å²) in [7, 11) is 1.32. The molecular formula is C20H23BrN2O4. The minimum Gasteiger partial charge on any atom is -0.465 e. The lowest BCUT2D eigenvalue weighted by atomic mass is 10.1. The summed E-state index contributed by atoms with van der Waals surface area (Å²) < 4.78 is 10.7. The molecule has 0 spiro atoms. The first-order valence-electron chi connectivity index (χ1n) is 8.47. The quantitative estimate of drug-likeness (QED) is 0.413. The number of halogens is 1. The number of carbonyl (C=O) groups excluding carboxylic acids is 2. The van der Waals surface area contributed by atoms with Crippen molar-refractivity contribution in [3.63, 3.8) is 0 Å². The minimum atomic E-state index is -0.543. The summed E-state index contributed by atoms with van der Waals surface area (Å²) in [5.41, 5.74) is 7.61. The molecule has 1 aromatic rings. The van der Waals surface area contributed by atoms with Gasteiger partial charge in [-0.25, -0.2) is 9.59 Å². The van der Waals surface area contributed by atoms with Gasteiger partial charge in [0.15, 0.2) is 0 Å². The normalized spacial score (nSPS) is 14.0. The second-order valence-electron chi connectivity index (χ2n) is 7.08. The number of rotatable bonds is 1. The van der Waals surface area contributed by atoms with Crippen LogP contribution in [0.4, 0.5) is 10.5 Å². The van der Waals surface area contributed by atoms with Crippen molar-refractivity contribution in [2.24, 2.45) is 0 Å². The fraction of sp³-hybridized carbons (Fsp3) is 0.400. The van der Waals surface area contributed by atoms with Crippen molar-refractivity contribution in [2.75, 3.05) is 25.9 Å². The fourth-order valence-corrected chi connectivity index (χ4v) is 2.88. The van der Waals surface area contributed by atoms with Crippen LogP contribution >= 0.6 is 15.9 Å². The smallest absolute Gasteiger partial charge is 0.410 e. The van der Waals surface area contributed by atoms with E-state index in [-0.39, 0.29) is 6.09 Å². The zero-order valence-electron chi connectivity index (χ0n) is 15.9. The van der Waals surface area contributed by atoms with Crippen LogP contribution in [0.25, 0.3) is 0 Å². The Labute approximate surface area is 167 Å². The molecule has 144 valence electrons. The molecule has 0 fully saturated rings. The third kappa shape index (κ3) is 5.76. The van der Waals surface area contributed by atoms with Crippen LogP contribution in [0.2, 0.25) is 0 Å². The molecule has 0 saturated carbocycles. The van der Waals surface area contributed by atoms with Gasteiger partial charge in [0.25, 0.3) is 0 Å². The molecule has 0 atom stereocenters. The minimum absolute atomic E-state index is 0.357. The number of methoxy groups -OCH3 is 1. The van der Waals surface area contributed by atoms with E-state index in [9.17, 15) is 9.59 Å². The highest BCUT2D eigenvalue weighted by molar-refractivity contribution is 9.10. The highest BCUT2D eigenvalue weighted by atomic mass is 79.9. The van der Waals surface area contributed by atoms with E-state index in [2.05, 4.69) is 27.8 Å². The third-order valence-electron chi connectivity index (χ3n) is 3.71. The maximum absolute atomic E-state index is 12.2. The number of hydrogen-bond donors (Lipinski definition) is 1. The zero-order valence-corrected chi connectivity index (χ0v) is 17.5. The second kappa shape index (κ2) is 8.49. The molecule has 0 aliphatic carbocycles. The topological polar surface area (TPSA) is 81.9 Å². The lowest BCUT2D eigenvalue weighted by Crippen LogP contribution is -2.39. The molecule has 1 aliphatic rings. The third-order valence-corrected chi connectivity index (χ3v) is 4.37. The molecule has 1 aliphatic heterocycles.